The summed E-state index contributed by atoms with van der Waals surface area (Å²) in [6.07, 6.45) is 5.82. The van der Waals surface area contributed by atoms with E-state index in [1.807, 2.05) is 7.05 Å². The van der Waals surface area contributed by atoms with Gasteiger partial charge in [0.15, 0.2) is 0 Å². The summed E-state index contributed by atoms with van der Waals surface area (Å²) in [6.45, 7) is 0.0833. The minimum Gasteiger partial charge on any atom is -0.341 e. The molecule has 0 bridgehead atoms. The van der Waals surface area contributed by atoms with Gasteiger partial charge in [0.2, 0.25) is 11.8 Å². The predicted molar refractivity (Wildman–Crippen MR) is 66.3 cm³/mol. The molecule has 5 heteroatoms. The minimum absolute atomic E-state index is 0.00111. The quantitative estimate of drug-likeness (QED) is 0.764. The summed E-state index contributed by atoms with van der Waals surface area (Å²) < 4.78 is 0. The zero-order chi connectivity index (χ0) is 12.8. The number of carbonyl (C=O) groups excluding carboxylic acids is 2. The molecular weight excluding hydrogens is 218 g/mol. The van der Waals surface area contributed by atoms with Gasteiger partial charge in [-0.25, -0.2) is 0 Å². The average molecular weight is 241 g/mol. The highest BCUT2D eigenvalue weighted by molar-refractivity contribution is 5.85. The number of hydrogen-bond acceptors (Lipinski definition) is 3. The Labute approximate surface area is 103 Å². The maximum absolute atomic E-state index is 12.0. The van der Waals surface area contributed by atoms with Crippen molar-refractivity contribution in [3.63, 3.8) is 0 Å². The summed E-state index contributed by atoms with van der Waals surface area (Å²) >= 11 is 0. The third kappa shape index (κ3) is 4.00. The lowest BCUT2D eigenvalue weighted by molar-refractivity contribution is -0.139. The topological polar surface area (TPSA) is 66.6 Å². The molecule has 2 amide bonds. The van der Waals surface area contributed by atoms with Gasteiger partial charge < -0.3 is 15.5 Å². The molecule has 0 saturated heterocycles. The van der Waals surface area contributed by atoms with E-state index in [1.165, 1.54) is 24.2 Å². The number of amides is 2. The van der Waals surface area contributed by atoms with Gasteiger partial charge in [-0.15, -0.1) is 0 Å². The summed E-state index contributed by atoms with van der Waals surface area (Å²) in [5.74, 6) is -0.198. The van der Waals surface area contributed by atoms with E-state index in [9.17, 15) is 9.59 Å². The highest BCUT2D eigenvalue weighted by Gasteiger charge is 2.23. The van der Waals surface area contributed by atoms with E-state index in [1.54, 1.807) is 11.9 Å². The Balaban J connectivity index is 2.43. The van der Waals surface area contributed by atoms with E-state index >= 15 is 0 Å². The fourth-order valence-electron chi connectivity index (χ4n) is 2.23. The van der Waals surface area contributed by atoms with Crippen LogP contribution in [0.25, 0.3) is 0 Å². The summed E-state index contributed by atoms with van der Waals surface area (Å²) in [6, 6.07) is 0.345. The van der Waals surface area contributed by atoms with Gasteiger partial charge in [0.25, 0.3) is 0 Å². The molecule has 0 heterocycles. The highest BCUT2D eigenvalue weighted by atomic mass is 16.2. The van der Waals surface area contributed by atoms with Gasteiger partial charge >= 0.3 is 0 Å². The summed E-state index contributed by atoms with van der Waals surface area (Å²) in [7, 11) is 3.45. The lowest BCUT2D eigenvalue weighted by Gasteiger charge is -2.32. The molecule has 5 nitrogen and oxygen atoms in total. The van der Waals surface area contributed by atoms with Crippen molar-refractivity contribution < 1.29 is 9.59 Å². The van der Waals surface area contributed by atoms with Crippen LogP contribution in [0, 0.1) is 0 Å². The van der Waals surface area contributed by atoms with Crippen LogP contribution in [0.2, 0.25) is 0 Å². The van der Waals surface area contributed by atoms with E-state index < -0.39 is 0 Å². The standard InChI is InChI=1S/C12H23N3O2/c1-14(11(16)8-13)9-12(17)15(2)10-6-4-3-5-7-10/h10H,3-9,13H2,1-2H3. The predicted octanol–water partition coefficient (Wildman–Crippen LogP) is 0.195. The molecule has 1 fully saturated rings. The van der Waals surface area contributed by atoms with Crippen LogP contribution in [0.5, 0.6) is 0 Å². The molecule has 0 spiro atoms. The lowest BCUT2D eigenvalue weighted by atomic mass is 9.94. The molecule has 0 atom stereocenters. The van der Waals surface area contributed by atoms with Gasteiger partial charge in [-0.2, -0.15) is 0 Å². The molecule has 17 heavy (non-hydrogen) atoms. The smallest absolute Gasteiger partial charge is 0.242 e. The SMILES string of the molecule is CN(CC(=O)N(C)C1CCCCC1)C(=O)CN. The number of hydrogen-bond donors (Lipinski definition) is 1. The molecule has 1 rings (SSSR count). The summed E-state index contributed by atoms with van der Waals surface area (Å²) in [4.78, 5) is 26.4. The van der Waals surface area contributed by atoms with Gasteiger partial charge in [-0.05, 0) is 12.8 Å². The number of rotatable bonds is 4. The summed E-state index contributed by atoms with van der Waals surface area (Å²) in [5.41, 5.74) is 5.25. The fourth-order valence-corrected chi connectivity index (χ4v) is 2.23. The molecular formula is C12H23N3O2. The number of carbonyl (C=O) groups is 2. The number of nitrogens with two attached hydrogens (primary N) is 1. The zero-order valence-electron chi connectivity index (χ0n) is 10.8. The van der Waals surface area contributed by atoms with Gasteiger partial charge in [-0.1, -0.05) is 19.3 Å². The third-order valence-corrected chi connectivity index (χ3v) is 3.49. The molecule has 1 aliphatic carbocycles. The third-order valence-electron chi connectivity index (χ3n) is 3.49. The van der Waals surface area contributed by atoms with Crippen LogP contribution in [0.15, 0.2) is 0 Å². The van der Waals surface area contributed by atoms with Crippen LogP contribution >= 0.6 is 0 Å². The molecule has 2 N–H and O–H groups in total. The molecule has 1 saturated carbocycles. The first-order chi connectivity index (χ1) is 8.06. The second-order valence-electron chi connectivity index (χ2n) is 4.75. The highest BCUT2D eigenvalue weighted by Crippen LogP contribution is 2.21. The first kappa shape index (κ1) is 14.0. The second kappa shape index (κ2) is 6.59. The van der Waals surface area contributed by atoms with Crippen molar-refractivity contribution in [2.24, 2.45) is 5.73 Å². The first-order valence-corrected chi connectivity index (χ1v) is 6.26. The van der Waals surface area contributed by atoms with Crippen molar-refractivity contribution >= 4 is 11.8 Å². The van der Waals surface area contributed by atoms with Crippen LogP contribution in [0.1, 0.15) is 32.1 Å². The van der Waals surface area contributed by atoms with Crippen LogP contribution in [-0.4, -0.2) is 54.8 Å². The molecule has 0 aliphatic heterocycles. The van der Waals surface area contributed by atoms with Crippen LogP contribution in [0.3, 0.4) is 0 Å². The van der Waals surface area contributed by atoms with Crippen molar-refractivity contribution in [3.8, 4) is 0 Å². The van der Waals surface area contributed by atoms with E-state index in [4.69, 9.17) is 5.73 Å². The first-order valence-electron chi connectivity index (χ1n) is 6.26. The monoisotopic (exact) mass is 241 g/mol. The molecule has 1 aliphatic rings. The summed E-state index contributed by atoms with van der Waals surface area (Å²) in [5, 5.41) is 0. The van der Waals surface area contributed by atoms with Gasteiger partial charge in [-0.3, -0.25) is 9.59 Å². The maximum Gasteiger partial charge on any atom is 0.242 e. The Morgan fingerprint density at radius 3 is 2.24 bits per heavy atom. The molecule has 98 valence electrons. The van der Waals surface area contributed by atoms with Gasteiger partial charge in [0.1, 0.15) is 0 Å². The Morgan fingerprint density at radius 2 is 1.71 bits per heavy atom. The maximum atomic E-state index is 12.0. The van der Waals surface area contributed by atoms with Gasteiger partial charge in [0.05, 0.1) is 13.1 Å². The van der Waals surface area contributed by atoms with E-state index in [2.05, 4.69) is 0 Å². The molecule has 0 aromatic heterocycles. The van der Waals surface area contributed by atoms with Crippen LogP contribution in [0.4, 0.5) is 0 Å². The van der Waals surface area contributed by atoms with Crippen LogP contribution < -0.4 is 5.73 Å². The van der Waals surface area contributed by atoms with Crippen molar-refractivity contribution in [1.29, 1.82) is 0 Å². The Bertz CT molecular complexity index is 275. The minimum atomic E-state index is -0.199. The van der Waals surface area contributed by atoms with Crippen LogP contribution in [-0.2, 0) is 9.59 Å². The number of likely N-dealkylation sites (N-methyl/N-ethyl adjacent to an activating group) is 2. The van der Waals surface area contributed by atoms with Crippen molar-refractivity contribution in [2.75, 3.05) is 27.2 Å². The number of nitrogens with zero attached hydrogens (tertiary/aromatic N) is 2. The zero-order valence-corrected chi connectivity index (χ0v) is 10.8. The largest absolute Gasteiger partial charge is 0.341 e. The molecule has 0 radical (unpaired) electrons. The van der Waals surface area contributed by atoms with E-state index in [-0.39, 0.29) is 24.9 Å². The Hall–Kier alpha value is -1.10. The second-order valence-corrected chi connectivity index (χ2v) is 4.75. The lowest BCUT2D eigenvalue weighted by Crippen LogP contribution is -2.45. The Morgan fingerprint density at radius 1 is 1.12 bits per heavy atom. The van der Waals surface area contributed by atoms with E-state index in [0.29, 0.717) is 6.04 Å². The molecule has 0 aromatic carbocycles. The average Bonchev–Trinajstić information content (AvgIpc) is 2.37. The van der Waals surface area contributed by atoms with Crippen molar-refractivity contribution in [2.45, 2.75) is 38.1 Å². The molecule has 0 unspecified atom stereocenters. The van der Waals surface area contributed by atoms with Crippen molar-refractivity contribution in [3.05, 3.63) is 0 Å². The normalized spacial score (nSPS) is 16.6. The molecule has 0 aromatic rings. The van der Waals surface area contributed by atoms with Gasteiger partial charge in [0, 0.05) is 20.1 Å². The van der Waals surface area contributed by atoms with Crippen molar-refractivity contribution in [1.82, 2.24) is 9.80 Å². The fraction of sp³-hybridized carbons (Fsp3) is 0.833. The van der Waals surface area contributed by atoms with E-state index in [0.717, 1.165) is 12.8 Å². The Kier molecular flexibility index (Phi) is 5.41.